The molecule has 2 aromatic rings. The van der Waals surface area contributed by atoms with Gasteiger partial charge in [-0.15, -0.1) is 0 Å². The van der Waals surface area contributed by atoms with E-state index >= 15 is 0 Å². The lowest BCUT2D eigenvalue weighted by molar-refractivity contribution is 0.0695. The molecule has 1 aliphatic rings. The summed E-state index contributed by atoms with van der Waals surface area (Å²) in [4.78, 5) is 39.1. The molecule has 138 valence electrons. The number of rotatable bonds is 3. The fourth-order valence-corrected chi connectivity index (χ4v) is 3.01. The topological polar surface area (TPSA) is 82.8 Å². The molecule has 8 nitrogen and oxygen atoms in total. The Kier molecular flexibility index (Phi) is 4.67. The Labute approximate surface area is 152 Å². The van der Waals surface area contributed by atoms with E-state index in [-0.39, 0.29) is 17.1 Å². The van der Waals surface area contributed by atoms with Crippen LogP contribution in [0.3, 0.4) is 0 Å². The second kappa shape index (κ2) is 6.78. The van der Waals surface area contributed by atoms with Crippen LogP contribution in [0.5, 0.6) is 0 Å². The van der Waals surface area contributed by atoms with E-state index in [1.54, 1.807) is 11.8 Å². The van der Waals surface area contributed by atoms with Crippen molar-refractivity contribution in [2.45, 2.75) is 19.9 Å². The Bertz CT molecular complexity index is 904. The maximum atomic E-state index is 12.8. The molecule has 0 aromatic carbocycles. The lowest BCUT2D eigenvalue weighted by Gasteiger charge is -2.31. The average molecular weight is 357 g/mol. The van der Waals surface area contributed by atoms with E-state index in [2.05, 4.69) is 9.97 Å². The lowest BCUT2D eigenvalue weighted by Crippen LogP contribution is -2.38. The van der Waals surface area contributed by atoms with Crippen LogP contribution in [0, 0.1) is 6.92 Å². The summed E-state index contributed by atoms with van der Waals surface area (Å²) in [5.74, 6) is 1.66. The maximum absolute atomic E-state index is 12.8. The Balaban J connectivity index is 1.96. The van der Waals surface area contributed by atoms with E-state index in [1.807, 2.05) is 38.0 Å². The largest absolute Gasteiger partial charge is 0.456 e. The van der Waals surface area contributed by atoms with Gasteiger partial charge in [0.2, 0.25) is 5.95 Å². The van der Waals surface area contributed by atoms with Gasteiger partial charge in [0, 0.05) is 52.4 Å². The van der Waals surface area contributed by atoms with Gasteiger partial charge in [0.1, 0.15) is 11.6 Å². The highest BCUT2D eigenvalue weighted by molar-refractivity contribution is 5.91. The molecule has 0 bridgehead atoms. The number of carbonyl (C=O) groups excluding carboxylic acids is 1. The standard InChI is InChI=1S/C18H23N5O3/c1-11-8-12(24)9-15(26-11)17(25)23-7-6-13-14(10-23)19-18(22(4)5)20-16(13)21(2)3/h8-9H,6-7,10H2,1-5H3. The molecule has 0 unspecified atom stereocenters. The minimum atomic E-state index is -0.298. The van der Waals surface area contributed by atoms with Gasteiger partial charge in [0.15, 0.2) is 11.2 Å². The number of amides is 1. The number of fused-ring (bicyclic) bond motifs is 1. The average Bonchev–Trinajstić information content (AvgIpc) is 2.58. The molecule has 0 N–H and O–H groups in total. The minimum absolute atomic E-state index is 0.0631. The molecular weight excluding hydrogens is 334 g/mol. The SMILES string of the molecule is Cc1cc(=O)cc(C(=O)N2CCc3c(nc(N(C)C)nc3N(C)C)C2)o1. The first-order valence-corrected chi connectivity index (χ1v) is 8.41. The second-order valence-corrected chi connectivity index (χ2v) is 6.81. The van der Waals surface area contributed by atoms with Crippen LogP contribution >= 0.6 is 0 Å². The zero-order chi connectivity index (χ0) is 19.0. The lowest BCUT2D eigenvalue weighted by atomic mass is 10.0. The van der Waals surface area contributed by atoms with Crippen molar-refractivity contribution in [2.24, 2.45) is 0 Å². The number of nitrogens with zero attached hydrogens (tertiary/aromatic N) is 5. The molecule has 0 saturated heterocycles. The van der Waals surface area contributed by atoms with Gasteiger partial charge >= 0.3 is 0 Å². The fraction of sp³-hybridized carbons (Fsp3) is 0.444. The first-order chi connectivity index (χ1) is 12.3. The minimum Gasteiger partial charge on any atom is -0.456 e. The van der Waals surface area contributed by atoms with E-state index in [9.17, 15) is 9.59 Å². The molecule has 0 radical (unpaired) electrons. The number of hydrogen-bond acceptors (Lipinski definition) is 7. The van der Waals surface area contributed by atoms with E-state index in [0.717, 1.165) is 17.1 Å². The monoisotopic (exact) mass is 357 g/mol. The Morgan fingerprint density at radius 1 is 1.15 bits per heavy atom. The second-order valence-electron chi connectivity index (χ2n) is 6.81. The quantitative estimate of drug-likeness (QED) is 0.812. The molecule has 0 spiro atoms. The van der Waals surface area contributed by atoms with Gasteiger partial charge in [-0.05, 0) is 13.3 Å². The van der Waals surface area contributed by atoms with Crippen molar-refractivity contribution in [3.05, 3.63) is 45.1 Å². The number of carbonyl (C=O) groups is 1. The molecule has 0 aliphatic carbocycles. The molecular formula is C18H23N5O3. The van der Waals surface area contributed by atoms with Gasteiger partial charge in [-0.2, -0.15) is 4.98 Å². The van der Waals surface area contributed by atoms with E-state index in [4.69, 9.17) is 4.42 Å². The van der Waals surface area contributed by atoms with Crippen LogP contribution in [0.1, 0.15) is 27.6 Å². The van der Waals surface area contributed by atoms with Crippen LogP contribution in [0.15, 0.2) is 21.3 Å². The van der Waals surface area contributed by atoms with Gasteiger partial charge in [-0.25, -0.2) is 4.98 Å². The fourth-order valence-electron chi connectivity index (χ4n) is 3.01. The third-order valence-electron chi connectivity index (χ3n) is 4.24. The summed E-state index contributed by atoms with van der Waals surface area (Å²) < 4.78 is 5.44. The van der Waals surface area contributed by atoms with Gasteiger partial charge < -0.3 is 19.1 Å². The summed E-state index contributed by atoms with van der Waals surface area (Å²) in [5, 5.41) is 0. The van der Waals surface area contributed by atoms with Gasteiger partial charge in [-0.1, -0.05) is 0 Å². The van der Waals surface area contributed by atoms with Crippen LogP contribution in [-0.2, 0) is 13.0 Å². The van der Waals surface area contributed by atoms with Crippen molar-refractivity contribution in [2.75, 3.05) is 44.5 Å². The van der Waals surface area contributed by atoms with Crippen LogP contribution in [0.4, 0.5) is 11.8 Å². The Hall–Kier alpha value is -2.90. The van der Waals surface area contributed by atoms with E-state index in [0.29, 0.717) is 31.2 Å². The molecule has 1 aliphatic heterocycles. The number of hydrogen-bond donors (Lipinski definition) is 0. The van der Waals surface area contributed by atoms with Crippen LogP contribution in [-0.4, -0.2) is 55.5 Å². The number of aromatic nitrogens is 2. The van der Waals surface area contributed by atoms with Crippen LogP contribution < -0.4 is 15.2 Å². The molecule has 1 amide bonds. The van der Waals surface area contributed by atoms with Crippen molar-refractivity contribution in [1.29, 1.82) is 0 Å². The Morgan fingerprint density at radius 2 is 1.88 bits per heavy atom. The third kappa shape index (κ3) is 3.40. The summed E-state index contributed by atoms with van der Waals surface area (Å²) >= 11 is 0. The van der Waals surface area contributed by atoms with Crippen molar-refractivity contribution in [1.82, 2.24) is 14.9 Å². The van der Waals surface area contributed by atoms with E-state index < -0.39 is 0 Å². The predicted octanol–water partition coefficient (Wildman–Crippen LogP) is 1.07. The van der Waals surface area contributed by atoms with E-state index in [1.165, 1.54) is 12.1 Å². The summed E-state index contributed by atoms with van der Waals surface area (Å²) in [6, 6.07) is 2.60. The summed E-state index contributed by atoms with van der Waals surface area (Å²) in [6.07, 6.45) is 0.651. The van der Waals surface area contributed by atoms with Crippen molar-refractivity contribution in [3.8, 4) is 0 Å². The van der Waals surface area contributed by atoms with Crippen LogP contribution in [0.25, 0.3) is 0 Å². The summed E-state index contributed by atoms with van der Waals surface area (Å²) in [6.45, 7) is 2.54. The van der Waals surface area contributed by atoms with Gasteiger partial charge in [-0.3, -0.25) is 9.59 Å². The van der Waals surface area contributed by atoms with Crippen LogP contribution in [0.2, 0.25) is 0 Å². The molecule has 0 atom stereocenters. The smallest absolute Gasteiger partial charge is 0.290 e. The van der Waals surface area contributed by atoms with Crippen molar-refractivity contribution in [3.63, 3.8) is 0 Å². The molecule has 2 aromatic heterocycles. The number of aryl methyl sites for hydroxylation is 1. The highest BCUT2D eigenvalue weighted by Crippen LogP contribution is 2.28. The normalized spacial score (nSPS) is 13.3. The van der Waals surface area contributed by atoms with Crippen molar-refractivity contribution < 1.29 is 9.21 Å². The maximum Gasteiger partial charge on any atom is 0.290 e. The zero-order valence-electron chi connectivity index (χ0n) is 15.7. The highest BCUT2D eigenvalue weighted by atomic mass is 16.3. The molecule has 26 heavy (non-hydrogen) atoms. The molecule has 3 rings (SSSR count). The molecule has 3 heterocycles. The van der Waals surface area contributed by atoms with Gasteiger partial charge in [0.25, 0.3) is 5.91 Å². The van der Waals surface area contributed by atoms with Gasteiger partial charge in [0.05, 0.1) is 12.2 Å². The predicted molar refractivity (Wildman–Crippen MR) is 98.8 cm³/mol. The Morgan fingerprint density at radius 3 is 2.50 bits per heavy atom. The molecule has 0 saturated carbocycles. The number of anilines is 2. The summed E-state index contributed by atoms with van der Waals surface area (Å²) in [7, 11) is 7.66. The third-order valence-corrected chi connectivity index (χ3v) is 4.24. The molecule has 0 fully saturated rings. The van der Waals surface area contributed by atoms with Crippen molar-refractivity contribution >= 4 is 17.7 Å². The first kappa shape index (κ1) is 17.9. The highest BCUT2D eigenvalue weighted by Gasteiger charge is 2.28. The first-order valence-electron chi connectivity index (χ1n) is 8.41. The zero-order valence-corrected chi connectivity index (χ0v) is 15.7. The summed E-state index contributed by atoms with van der Waals surface area (Å²) in [5.41, 5.74) is 1.64. The molecule has 8 heteroatoms.